The van der Waals surface area contributed by atoms with E-state index in [1.807, 2.05) is 14.7 Å². The summed E-state index contributed by atoms with van der Waals surface area (Å²) in [5.41, 5.74) is 0. The van der Waals surface area contributed by atoms with Gasteiger partial charge in [-0.2, -0.15) is 0 Å². The molecule has 178 valence electrons. The first-order valence-corrected chi connectivity index (χ1v) is 16.9. The number of rotatable bonds is 11. The molecular weight excluding hydrogens is 451 g/mol. The van der Waals surface area contributed by atoms with Gasteiger partial charge in [0.1, 0.15) is 0 Å². The molecule has 0 amide bonds. The molecule has 0 spiro atoms. The van der Waals surface area contributed by atoms with E-state index >= 15 is 0 Å². The van der Waals surface area contributed by atoms with Gasteiger partial charge in [0.05, 0.1) is 32.4 Å². The Morgan fingerprint density at radius 3 is 1.40 bits per heavy atom. The molecule has 0 aromatic heterocycles. The Balaban J connectivity index is 2.93. The maximum atomic E-state index is 12.9. The molecule has 3 N–H and O–H groups in total. The minimum atomic E-state index is -3.27. The molecule has 3 unspecified atom stereocenters. The van der Waals surface area contributed by atoms with Crippen LogP contribution in [0, 0.1) is 0 Å². The number of aliphatic carboxylic acids is 1. The second-order valence-electron chi connectivity index (χ2n) is 8.27. The number of carbonyl (C=O) groups is 1. The summed E-state index contributed by atoms with van der Waals surface area (Å²) in [5.74, 6) is -0.976. The molecule has 1 aliphatic heterocycles. The molecule has 3 atom stereocenters. The summed E-state index contributed by atoms with van der Waals surface area (Å²) in [6, 6.07) is 0. The van der Waals surface area contributed by atoms with Gasteiger partial charge in [0.15, 0.2) is 0 Å². The average Bonchev–Trinajstić information content (AvgIpc) is 2.72. The van der Waals surface area contributed by atoms with Crippen LogP contribution in [-0.4, -0.2) is 119 Å². The molecule has 0 aliphatic carbocycles. The fraction of sp³-hybridized carbons (Fsp3) is 0.941. The summed E-state index contributed by atoms with van der Waals surface area (Å²) in [6.45, 7) is 8.07. The minimum absolute atomic E-state index is 0.0541. The fourth-order valence-corrected chi connectivity index (χ4v) is 7.41. The Morgan fingerprint density at radius 1 is 0.767 bits per heavy atom. The number of carboxylic acids is 1. The lowest BCUT2D eigenvalue weighted by Crippen LogP contribution is -2.37. The number of carboxylic acid groups (broad SMARTS) is 1. The molecule has 13 heteroatoms. The molecule has 0 bridgehead atoms. The molecule has 10 nitrogen and oxygen atoms in total. The van der Waals surface area contributed by atoms with Gasteiger partial charge >= 0.3 is 5.97 Å². The lowest BCUT2D eigenvalue weighted by atomic mass is 10.5. The second-order valence-corrected chi connectivity index (χ2v) is 16.8. The second kappa shape index (κ2) is 12.3. The monoisotopic (exact) mass is 489 g/mol. The van der Waals surface area contributed by atoms with Crippen LogP contribution < -0.4 is 0 Å². The van der Waals surface area contributed by atoms with Crippen LogP contribution in [-0.2, 0) is 18.5 Å². The van der Waals surface area contributed by atoms with E-state index in [1.54, 1.807) is 20.5 Å². The largest absolute Gasteiger partial charge is 0.481 e. The van der Waals surface area contributed by atoms with Gasteiger partial charge in [-0.25, -0.2) is 0 Å². The third-order valence-electron chi connectivity index (χ3n) is 5.33. The van der Waals surface area contributed by atoms with E-state index in [0.717, 1.165) is 0 Å². The molecule has 1 rings (SSSR count). The van der Waals surface area contributed by atoms with Gasteiger partial charge in [-0.3, -0.25) is 28.6 Å². The van der Waals surface area contributed by atoms with Crippen molar-refractivity contribution in [3.8, 4) is 0 Å². The van der Waals surface area contributed by atoms with Crippen LogP contribution in [0.25, 0.3) is 0 Å². The first-order chi connectivity index (χ1) is 13.8. The molecule has 1 saturated heterocycles. The quantitative estimate of drug-likeness (QED) is 0.369. The molecule has 0 aromatic rings. The van der Waals surface area contributed by atoms with Gasteiger partial charge in [-0.05, 0) is 6.66 Å². The highest BCUT2D eigenvalue weighted by Gasteiger charge is 2.27. The number of hydrogen-bond donors (Lipinski definition) is 3. The summed E-state index contributed by atoms with van der Waals surface area (Å²) in [5, 5.41) is 8.89. The zero-order chi connectivity index (χ0) is 23.0. The summed E-state index contributed by atoms with van der Waals surface area (Å²) < 4.78 is 37.4. The Kier molecular flexibility index (Phi) is 11.4. The standard InChI is InChI=1S/C17H38N3O7P3/c1-4-29(24,25)15-19-9-7-18(14-28(3,23)13-6-17(21)22)8-10-20(12-11-19)16-30(26,27)5-2/h4-16H2,1-3H3,(H,21,22)(H,24,25)(H,26,27). The molecule has 30 heavy (non-hydrogen) atoms. The maximum Gasteiger partial charge on any atom is 0.303 e. The topological polar surface area (TPSA) is 139 Å². The van der Waals surface area contributed by atoms with E-state index in [0.29, 0.717) is 39.3 Å². The first-order valence-electron chi connectivity index (χ1n) is 10.3. The number of nitrogens with zero attached hydrogens (tertiary/aromatic N) is 3. The van der Waals surface area contributed by atoms with Gasteiger partial charge in [0.25, 0.3) is 0 Å². The Bertz CT molecular complexity index is 668. The van der Waals surface area contributed by atoms with Gasteiger partial charge in [0.2, 0.25) is 14.7 Å². The summed E-state index contributed by atoms with van der Waals surface area (Å²) >= 11 is 0. The molecular formula is C17H38N3O7P3. The fourth-order valence-electron chi connectivity index (χ4n) is 3.26. The van der Waals surface area contributed by atoms with Crippen molar-refractivity contribution in [2.45, 2.75) is 20.3 Å². The summed E-state index contributed by atoms with van der Waals surface area (Å²) in [4.78, 5) is 36.8. The van der Waals surface area contributed by atoms with Crippen LogP contribution >= 0.6 is 21.9 Å². The minimum Gasteiger partial charge on any atom is -0.481 e. The molecule has 1 aliphatic rings. The average molecular weight is 489 g/mol. The molecule has 0 saturated carbocycles. The van der Waals surface area contributed by atoms with E-state index < -0.39 is 27.8 Å². The molecule has 0 aromatic carbocycles. The lowest BCUT2D eigenvalue weighted by Gasteiger charge is -2.28. The summed E-state index contributed by atoms with van der Waals surface area (Å²) in [7, 11) is -9.24. The van der Waals surface area contributed by atoms with Crippen molar-refractivity contribution in [1.82, 2.24) is 14.7 Å². The van der Waals surface area contributed by atoms with Crippen LogP contribution in [0.2, 0.25) is 0 Å². The summed E-state index contributed by atoms with van der Waals surface area (Å²) in [6.07, 6.45) is 0.702. The normalized spacial score (nSPS) is 24.0. The molecule has 1 heterocycles. The van der Waals surface area contributed by atoms with Gasteiger partial charge < -0.3 is 19.5 Å². The van der Waals surface area contributed by atoms with Crippen molar-refractivity contribution in [3.63, 3.8) is 0 Å². The van der Waals surface area contributed by atoms with E-state index in [1.165, 1.54) is 0 Å². The zero-order valence-electron chi connectivity index (χ0n) is 18.4. The predicted molar refractivity (Wildman–Crippen MR) is 121 cm³/mol. The van der Waals surface area contributed by atoms with Crippen molar-refractivity contribution in [2.75, 3.05) is 83.3 Å². The lowest BCUT2D eigenvalue weighted by molar-refractivity contribution is -0.136. The highest BCUT2D eigenvalue weighted by atomic mass is 31.2. The van der Waals surface area contributed by atoms with E-state index in [-0.39, 0.29) is 43.8 Å². The van der Waals surface area contributed by atoms with E-state index in [2.05, 4.69) is 0 Å². The Hall–Kier alpha value is -0.0400. The Labute approximate surface area is 179 Å². The van der Waals surface area contributed by atoms with Gasteiger partial charge in [-0.15, -0.1) is 0 Å². The van der Waals surface area contributed by atoms with Crippen molar-refractivity contribution >= 4 is 27.8 Å². The highest BCUT2D eigenvalue weighted by molar-refractivity contribution is 7.63. The maximum absolute atomic E-state index is 12.9. The van der Waals surface area contributed by atoms with Crippen molar-refractivity contribution in [3.05, 3.63) is 0 Å². The SMILES string of the molecule is CCP(=O)(O)CN1CCN(CP(C)(=O)CCC(=O)O)CCN(CP(=O)(O)CC)CC1. The van der Waals surface area contributed by atoms with Gasteiger partial charge in [0, 0.05) is 57.8 Å². The van der Waals surface area contributed by atoms with Crippen molar-refractivity contribution in [2.24, 2.45) is 0 Å². The predicted octanol–water partition coefficient (Wildman–Crippen LogP) is 1.83. The third-order valence-corrected chi connectivity index (χ3v) is 11.2. The van der Waals surface area contributed by atoms with Crippen molar-refractivity contribution in [1.29, 1.82) is 0 Å². The van der Waals surface area contributed by atoms with Crippen LogP contribution in [0.1, 0.15) is 20.3 Å². The zero-order valence-corrected chi connectivity index (χ0v) is 21.0. The molecule has 1 fully saturated rings. The molecule has 0 radical (unpaired) electrons. The van der Waals surface area contributed by atoms with Gasteiger partial charge in [-0.1, -0.05) is 13.8 Å². The van der Waals surface area contributed by atoms with Crippen molar-refractivity contribution < 1.29 is 33.4 Å². The first kappa shape index (κ1) is 28.0. The van der Waals surface area contributed by atoms with Crippen LogP contribution in [0.3, 0.4) is 0 Å². The Morgan fingerprint density at radius 2 is 1.10 bits per heavy atom. The van der Waals surface area contributed by atoms with Crippen LogP contribution in [0.5, 0.6) is 0 Å². The van der Waals surface area contributed by atoms with Crippen LogP contribution in [0.4, 0.5) is 0 Å². The van der Waals surface area contributed by atoms with Crippen LogP contribution in [0.15, 0.2) is 0 Å². The smallest absolute Gasteiger partial charge is 0.303 e. The third kappa shape index (κ3) is 11.5. The number of hydrogen-bond acceptors (Lipinski definition) is 7. The van der Waals surface area contributed by atoms with E-state index in [4.69, 9.17) is 5.11 Å². The van der Waals surface area contributed by atoms with E-state index in [9.17, 15) is 28.3 Å². The highest BCUT2D eigenvalue weighted by Crippen LogP contribution is 2.43.